The predicted octanol–water partition coefficient (Wildman–Crippen LogP) is 4.40. The van der Waals surface area contributed by atoms with Crippen molar-refractivity contribution in [1.29, 1.82) is 0 Å². The fourth-order valence-electron chi connectivity index (χ4n) is 2.91. The van der Waals surface area contributed by atoms with Crippen LogP contribution < -0.4 is 10.1 Å². The molecule has 2 aromatic carbocycles. The second kappa shape index (κ2) is 12.3. The molecule has 0 bridgehead atoms. The molecule has 0 saturated carbocycles. The van der Waals surface area contributed by atoms with Crippen LogP contribution in [0.4, 0.5) is 10.5 Å². The van der Waals surface area contributed by atoms with Crippen LogP contribution >= 0.6 is 0 Å². The Morgan fingerprint density at radius 1 is 1.10 bits per heavy atom. The Balaban J connectivity index is 2.10. The molecule has 2 atom stereocenters. The number of hydrogen-bond donors (Lipinski definition) is 3. The van der Waals surface area contributed by atoms with Gasteiger partial charge in [-0.05, 0) is 48.6 Å². The van der Waals surface area contributed by atoms with E-state index in [9.17, 15) is 9.59 Å². The molecule has 0 aliphatic carbocycles. The zero-order valence-electron chi connectivity index (χ0n) is 16.9. The number of aliphatic hydroxyl groups is 1. The van der Waals surface area contributed by atoms with Gasteiger partial charge in [-0.25, -0.2) is 9.59 Å². The summed E-state index contributed by atoms with van der Waals surface area (Å²) in [5, 5.41) is 20.3. The highest BCUT2D eigenvalue weighted by molar-refractivity contribution is 5.84. The van der Waals surface area contributed by atoms with Crippen LogP contribution in [-0.2, 0) is 9.53 Å². The fourth-order valence-corrected chi connectivity index (χ4v) is 2.91. The first-order valence-electron chi connectivity index (χ1n) is 9.75. The molecule has 1 amide bonds. The molecule has 0 radical (unpaired) electrons. The minimum atomic E-state index is -0.990. The lowest BCUT2D eigenvalue weighted by Gasteiger charge is -2.25. The zero-order chi connectivity index (χ0) is 21.8. The summed E-state index contributed by atoms with van der Waals surface area (Å²) in [5.41, 5.74) is 1.43. The highest BCUT2D eigenvalue weighted by atomic mass is 16.6. The number of rotatable bonds is 11. The average Bonchev–Trinajstić information content (AvgIpc) is 2.74. The van der Waals surface area contributed by atoms with Crippen molar-refractivity contribution in [2.75, 3.05) is 18.5 Å². The highest BCUT2D eigenvalue weighted by Gasteiger charge is 2.23. The first-order valence-corrected chi connectivity index (χ1v) is 9.75. The number of nitrogens with one attached hydrogen (secondary N) is 1. The first-order chi connectivity index (χ1) is 14.5. The van der Waals surface area contributed by atoms with Crippen LogP contribution in [0.5, 0.6) is 5.75 Å². The SMILES string of the molecule is C[C@H](CC/C=C/C(=O)O)[C@@H](OC(=O)Nc1ccccc1)c1ccc(OCCO)cc1. The van der Waals surface area contributed by atoms with Crippen molar-refractivity contribution in [3.05, 3.63) is 72.3 Å². The summed E-state index contributed by atoms with van der Waals surface area (Å²) in [6.45, 7) is 2.07. The highest BCUT2D eigenvalue weighted by Crippen LogP contribution is 2.31. The van der Waals surface area contributed by atoms with Crippen LogP contribution in [0, 0.1) is 5.92 Å². The number of aliphatic hydroxyl groups excluding tert-OH is 1. The summed E-state index contributed by atoms with van der Waals surface area (Å²) in [6.07, 6.45) is 2.78. The van der Waals surface area contributed by atoms with Crippen molar-refractivity contribution in [2.24, 2.45) is 5.92 Å². The number of carbonyl (C=O) groups excluding carboxylic acids is 1. The molecular weight excluding hydrogens is 386 g/mol. The van der Waals surface area contributed by atoms with E-state index in [4.69, 9.17) is 19.7 Å². The maximum Gasteiger partial charge on any atom is 0.412 e. The van der Waals surface area contributed by atoms with Gasteiger partial charge in [-0.2, -0.15) is 0 Å². The van der Waals surface area contributed by atoms with E-state index in [1.807, 2.05) is 37.3 Å². The topological polar surface area (TPSA) is 105 Å². The number of anilines is 1. The van der Waals surface area contributed by atoms with Crippen molar-refractivity contribution in [3.63, 3.8) is 0 Å². The number of hydrogen-bond acceptors (Lipinski definition) is 5. The number of ether oxygens (including phenoxy) is 2. The molecule has 30 heavy (non-hydrogen) atoms. The van der Waals surface area contributed by atoms with E-state index in [-0.39, 0.29) is 19.1 Å². The molecule has 7 nitrogen and oxygen atoms in total. The Morgan fingerprint density at radius 2 is 1.80 bits per heavy atom. The monoisotopic (exact) mass is 413 g/mol. The molecule has 160 valence electrons. The van der Waals surface area contributed by atoms with Gasteiger partial charge in [0, 0.05) is 11.8 Å². The van der Waals surface area contributed by atoms with E-state index in [1.54, 1.807) is 30.3 Å². The lowest BCUT2D eigenvalue weighted by atomic mass is 9.93. The molecule has 3 N–H and O–H groups in total. The fraction of sp³-hybridized carbons (Fsp3) is 0.304. The van der Waals surface area contributed by atoms with Crippen LogP contribution in [-0.4, -0.2) is 35.5 Å². The minimum absolute atomic E-state index is 0.0609. The Bertz CT molecular complexity index is 819. The van der Waals surface area contributed by atoms with Gasteiger partial charge in [0.05, 0.1) is 6.61 Å². The number of carboxylic acid groups (broad SMARTS) is 1. The Kier molecular flexibility index (Phi) is 9.40. The third-order valence-corrected chi connectivity index (χ3v) is 4.39. The van der Waals surface area contributed by atoms with Crippen molar-refractivity contribution < 1.29 is 29.3 Å². The Hall–Kier alpha value is -3.32. The van der Waals surface area contributed by atoms with Crippen LogP contribution in [0.25, 0.3) is 0 Å². The van der Waals surface area contributed by atoms with Crippen LogP contribution in [0.2, 0.25) is 0 Å². The summed E-state index contributed by atoms with van der Waals surface area (Å²) in [6, 6.07) is 16.2. The number of carboxylic acids is 1. The third kappa shape index (κ3) is 7.97. The second-order valence-electron chi connectivity index (χ2n) is 6.75. The van der Waals surface area contributed by atoms with E-state index < -0.39 is 18.2 Å². The van der Waals surface area contributed by atoms with Gasteiger partial charge in [-0.1, -0.05) is 43.3 Å². The number of amides is 1. The summed E-state index contributed by atoms with van der Waals surface area (Å²) in [4.78, 5) is 23.1. The second-order valence-corrected chi connectivity index (χ2v) is 6.75. The van der Waals surface area contributed by atoms with Gasteiger partial charge in [0.1, 0.15) is 18.5 Å². The smallest absolute Gasteiger partial charge is 0.412 e. The largest absolute Gasteiger partial charge is 0.491 e. The van der Waals surface area contributed by atoms with E-state index >= 15 is 0 Å². The molecule has 0 spiro atoms. The molecule has 0 heterocycles. The average molecular weight is 413 g/mol. The molecule has 0 aliphatic heterocycles. The van der Waals surface area contributed by atoms with Gasteiger partial charge in [0.15, 0.2) is 0 Å². The first kappa shape index (κ1) is 23.0. The van der Waals surface area contributed by atoms with Crippen molar-refractivity contribution in [3.8, 4) is 5.75 Å². The van der Waals surface area contributed by atoms with E-state index in [1.165, 1.54) is 0 Å². The maximum atomic E-state index is 12.5. The Labute approximate surface area is 176 Å². The van der Waals surface area contributed by atoms with Gasteiger partial charge < -0.3 is 19.7 Å². The van der Waals surface area contributed by atoms with Gasteiger partial charge >= 0.3 is 12.1 Å². The van der Waals surface area contributed by atoms with Gasteiger partial charge in [0.2, 0.25) is 0 Å². The summed E-state index contributed by atoms with van der Waals surface area (Å²) >= 11 is 0. The van der Waals surface area contributed by atoms with Crippen LogP contribution in [0.15, 0.2) is 66.7 Å². The molecule has 0 aromatic heterocycles. The third-order valence-electron chi connectivity index (χ3n) is 4.39. The molecule has 0 saturated heterocycles. The van der Waals surface area contributed by atoms with Gasteiger partial charge in [-0.3, -0.25) is 5.32 Å². The summed E-state index contributed by atoms with van der Waals surface area (Å²) in [5.74, 6) is -0.442. The standard InChI is InChI=1S/C23H27NO6/c1-17(7-5-6-10-21(26)27)22(18-11-13-20(14-12-18)29-16-15-25)30-23(28)24-19-8-3-2-4-9-19/h2-4,6,8-14,17,22,25H,5,7,15-16H2,1H3,(H,24,28)(H,26,27)/b10-6+/t17-,22-/m1/s1. The quantitative estimate of drug-likeness (QED) is 0.472. The number of benzene rings is 2. The molecule has 2 rings (SSSR count). The molecule has 7 heteroatoms. The molecule has 0 aliphatic rings. The maximum absolute atomic E-state index is 12.5. The number of aliphatic carboxylic acids is 1. The molecule has 0 unspecified atom stereocenters. The Morgan fingerprint density at radius 3 is 2.43 bits per heavy atom. The molecular formula is C23H27NO6. The summed E-state index contributed by atoms with van der Waals surface area (Å²) < 4.78 is 11.1. The normalized spacial score (nSPS) is 12.9. The van der Waals surface area contributed by atoms with Crippen molar-refractivity contribution in [2.45, 2.75) is 25.9 Å². The van der Waals surface area contributed by atoms with E-state index in [2.05, 4.69) is 5.32 Å². The number of allylic oxidation sites excluding steroid dienone is 1. The number of para-hydroxylation sites is 1. The predicted molar refractivity (Wildman–Crippen MR) is 113 cm³/mol. The van der Waals surface area contributed by atoms with Crippen LogP contribution in [0.1, 0.15) is 31.4 Å². The molecule has 0 fully saturated rings. The number of carbonyl (C=O) groups is 2. The van der Waals surface area contributed by atoms with E-state index in [0.29, 0.717) is 24.3 Å². The molecule has 2 aromatic rings. The van der Waals surface area contributed by atoms with Crippen molar-refractivity contribution in [1.82, 2.24) is 0 Å². The van der Waals surface area contributed by atoms with Crippen LogP contribution in [0.3, 0.4) is 0 Å². The lowest BCUT2D eigenvalue weighted by Crippen LogP contribution is -2.22. The van der Waals surface area contributed by atoms with E-state index in [0.717, 1.165) is 11.6 Å². The van der Waals surface area contributed by atoms with Crippen molar-refractivity contribution >= 4 is 17.7 Å². The minimum Gasteiger partial charge on any atom is -0.491 e. The lowest BCUT2D eigenvalue weighted by molar-refractivity contribution is -0.131. The summed E-state index contributed by atoms with van der Waals surface area (Å²) in [7, 11) is 0. The van der Waals surface area contributed by atoms with Gasteiger partial charge in [0.25, 0.3) is 0 Å². The zero-order valence-corrected chi connectivity index (χ0v) is 16.9. The van der Waals surface area contributed by atoms with Gasteiger partial charge in [-0.15, -0.1) is 0 Å².